The number of amides is 1. The highest BCUT2D eigenvalue weighted by Crippen LogP contribution is 2.25. The van der Waals surface area contributed by atoms with Crippen LogP contribution in [0.4, 0.5) is 4.39 Å². The van der Waals surface area contributed by atoms with E-state index in [9.17, 15) is 9.18 Å². The summed E-state index contributed by atoms with van der Waals surface area (Å²) in [7, 11) is 0. The topological polar surface area (TPSA) is 77.2 Å². The molecule has 0 aromatic carbocycles. The zero-order chi connectivity index (χ0) is 13.2. The van der Waals surface area contributed by atoms with E-state index in [-0.39, 0.29) is 18.9 Å². The fraction of sp³-hybridized carbons (Fsp3) is 0.364. The lowest BCUT2D eigenvalue weighted by Gasteiger charge is -2.37. The van der Waals surface area contributed by atoms with Gasteiger partial charge < -0.3 is 15.8 Å². The van der Waals surface area contributed by atoms with Crippen LogP contribution in [-0.2, 0) is 10.3 Å². The highest BCUT2D eigenvalue weighted by atomic mass is 32.1. The first-order valence-corrected chi connectivity index (χ1v) is 5.69. The molecule has 2 heterocycles. The number of halogens is 1. The maximum Gasteiger partial charge on any atom is 0.267 e. The Morgan fingerprint density at radius 3 is 3.11 bits per heavy atom. The van der Waals surface area contributed by atoms with Crippen LogP contribution in [0.1, 0.15) is 16.1 Å². The number of pyridine rings is 1. The molecule has 3 N–H and O–H groups in total. The van der Waals surface area contributed by atoms with E-state index >= 15 is 0 Å². The van der Waals surface area contributed by atoms with E-state index in [2.05, 4.69) is 10.3 Å². The predicted octanol–water partition coefficient (Wildman–Crippen LogP) is 0.292. The Hall–Kier alpha value is -1.60. The Labute approximate surface area is 109 Å². The maximum absolute atomic E-state index is 13.4. The smallest absolute Gasteiger partial charge is 0.267 e. The van der Waals surface area contributed by atoms with Crippen molar-refractivity contribution < 1.29 is 13.9 Å². The normalized spacial score (nSPS) is 23.5. The van der Waals surface area contributed by atoms with Crippen molar-refractivity contribution in [3.63, 3.8) is 0 Å². The van der Waals surface area contributed by atoms with Crippen LogP contribution < -0.4 is 11.1 Å². The van der Waals surface area contributed by atoms with Gasteiger partial charge in [-0.1, -0.05) is 12.2 Å². The molecule has 1 aliphatic rings. The van der Waals surface area contributed by atoms with Gasteiger partial charge in [0, 0.05) is 6.20 Å². The van der Waals surface area contributed by atoms with Gasteiger partial charge in [-0.3, -0.25) is 9.78 Å². The third kappa shape index (κ3) is 2.32. The van der Waals surface area contributed by atoms with Gasteiger partial charge >= 0.3 is 0 Å². The minimum absolute atomic E-state index is 0.0821. The lowest BCUT2D eigenvalue weighted by atomic mass is 9.91. The number of hydrogen-bond donors (Lipinski definition) is 2. The molecule has 0 spiro atoms. The fourth-order valence-electron chi connectivity index (χ4n) is 1.82. The summed E-state index contributed by atoms with van der Waals surface area (Å²) in [5.74, 6) is -0.662. The zero-order valence-corrected chi connectivity index (χ0v) is 10.3. The van der Waals surface area contributed by atoms with Crippen molar-refractivity contribution in [2.45, 2.75) is 5.54 Å². The molecule has 0 aliphatic carbocycles. The third-order valence-electron chi connectivity index (χ3n) is 2.75. The Bertz CT molecular complexity index is 497. The molecule has 0 saturated carbocycles. The quantitative estimate of drug-likeness (QED) is 0.771. The van der Waals surface area contributed by atoms with Crippen molar-refractivity contribution in [2.24, 2.45) is 5.73 Å². The van der Waals surface area contributed by atoms with Gasteiger partial charge in [0.1, 0.15) is 22.9 Å². The van der Waals surface area contributed by atoms with Crippen LogP contribution in [0, 0.1) is 0 Å². The molecule has 96 valence electrons. The number of rotatable bonds is 3. The number of nitrogens with two attached hydrogens (primary N) is 1. The first-order valence-electron chi connectivity index (χ1n) is 5.28. The number of nitrogens with zero attached hydrogens (tertiary/aromatic N) is 1. The van der Waals surface area contributed by atoms with Crippen molar-refractivity contribution in [1.82, 2.24) is 10.3 Å². The molecule has 1 fully saturated rings. The number of morpholine rings is 1. The monoisotopic (exact) mass is 269 g/mol. The van der Waals surface area contributed by atoms with E-state index in [1.807, 2.05) is 0 Å². The van der Waals surface area contributed by atoms with E-state index in [1.165, 1.54) is 12.3 Å². The van der Waals surface area contributed by atoms with Gasteiger partial charge in [-0.25, -0.2) is 4.39 Å². The van der Waals surface area contributed by atoms with Gasteiger partial charge in [-0.2, -0.15) is 0 Å². The number of ether oxygens (including phenoxy) is 1. The molecular weight excluding hydrogens is 257 g/mol. The predicted molar refractivity (Wildman–Crippen MR) is 67.0 cm³/mol. The molecule has 1 amide bonds. The van der Waals surface area contributed by atoms with Gasteiger partial charge in [0.15, 0.2) is 0 Å². The molecule has 18 heavy (non-hydrogen) atoms. The molecule has 1 aliphatic heterocycles. The Morgan fingerprint density at radius 1 is 1.72 bits per heavy atom. The van der Waals surface area contributed by atoms with E-state index in [1.54, 1.807) is 6.07 Å². The average molecular weight is 269 g/mol. The minimum Gasteiger partial charge on any atom is -0.371 e. The molecule has 0 bridgehead atoms. The molecule has 7 heteroatoms. The lowest BCUT2D eigenvalue weighted by Crippen LogP contribution is -2.55. The van der Waals surface area contributed by atoms with Crippen LogP contribution in [0.25, 0.3) is 0 Å². The summed E-state index contributed by atoms with van der Waals surface area (Å²) < 4.78 is 18.7. The van der Waals surface area contributed by atoms with Crippen molar-refractivity contribution in [3.8, 4) is 0 Å². The van der Waals surface area contributed by atoms with Crippen molar-refractivity contribution in [3.05, 3.63) is 29.6 Å². The summed E-state index contributed by atoms with van der Waals surface area (Å²) in [5, 5.41) is 2.91. The SMILES string of the molecule is NC(=O)c1cc(C2(CF)COCC(=S)N2)ccn1. The number of alkyl halides is 1. The van der Waals surface area contributed by atoms with Gasteiger partial charge in [0.05, 0.1) is 13.2 Å². The number of carbonyl (C=O) groups is 1. The Kier molecular flexibility index (Phi) is 3.53. The second-order valence-electron chi connectivity index (χ2n) is 4.05. The van der Waals surface area contributed by atoms with E-state index < -0.39 is 18.1 Å². The highest BCUT2D eigenvalue weighted by Gasteiger charge is 2.37. The van der Waals surface area contributed by atoms with Crippen LogP contribution >= 0.6 is 12.2 Å². The van der Waals surface area contributed by atoms with Gasteiger partial charge in [-0.15, -0.1) is 0 Å². The van der Waals surface area contributed by atoms with Crippen LogP contribution in [-0.4, -0.2) is 35.8 Å². The summed E-state index contributed by atoms with van der Waals surface area (Å²) in [5.41, 5.74) is 4.70. The van der Waals surface area contributed by atoms with E-state index in [4.69, 9.17) is 22.7 Å². The number of primary amides is 1. The van der Waals surface area contributed by atoms with Crippen LogP contribution in [0.5, 0.6) is 0 Å². The second kappa shape index (κ2) is 4.95. The molecular formula is C11H12FN3O2S. The minimum atomic E-state index is -1.07. The highest BCUT2D eigenvalue weighted by molar-refractivity contribution is 7.80. The molecule has 1 saturated heterocycles. The summed E-state index contributed by atoms with van der Waals surface area (Å²) in [6.07, 6.45) is 1.41. The second-order valence-corrected chi connectivity index (χ2v) is 4.54. The average Bonchev–Trinajstić information content (AvgIpc) is 2.38. The van der Waals surface area contributed by atoms with Crippen LogP contribution in [0.2, 0.25) is 0 Å². The number of aromatic nitrogens is 1. The molecule has 5 nitrogen and oxygen atoms in total. The Balaban J connectivity index is 2.40. The summed E-state index contributed by atoms with van der Waals surface area (Å²) >= 11 is 5.00. The zero-order valence-electron chi connectivity index (χ0n) is 9.48. The molecule has 2 rings (SSSR count). The van der Waals surface area contributed by atoms with Gasteiger partial charge in [0.25, 0.3) is 5.91 Å². The first kappa shape index (κ1) is 12.8. The molecule has 1 aromatic rings. The molecule has 0 radical (unpaired) electrons. The summed E-state index contributed by atoms with van der Waals surface area (Å²) in [4.78, 5) is 15.3. The number of carbonyl (C=O) groups excluding carboxylic acids is 1. The number of nitrogens with one attached hydrogen (secondary N) is 1. The van der Waals surface area contributed by atoms with Gasteiger partial charge in [0.2, 0.25) is 0 Å². The summed E-state index contributed by atoms with van der Waals surface area (Å²) in [6.45, 7) is -0.313. The standard InChI is InChI=1S/C11H12FN3O2S/c12-5-11(6-17-4-9(18)15-11)7-1-2-14-8(3-7)10(13)16/h1-3H,4-6H2,(H2,13,16)(H,15,18). The third-order valence-corrected chi connectivity index (χ3v) is 2.97. The van der Waals surface area contributed by atoms with E-state index in [0.29, 0.717) is 10.6 Å². The number of thiocarbonyl (C=S) groups is 1. The molecule has 1 aromatic heterocycles. The molecule has 1 unspecified atom stereocenters. The maximum atomic E-state index is 13.4. The van der Waals surface area contributed by atoms with Crippen molar-refractivity contribution >= 4 is 23.1 Å². The largest absolute Gasteiger partial charge is 0.371 e. The Morgan fingerprint density at radius 2 is 2.50 bits per heavy atom. The van der Waals surface area contributed by atoms with E-state index in [0.717, 1.165) is 0 Å². The molecule has 1 atom stereocenters. The van der Waals surface area contributed by atoms with Crippen molar-refractivity contribution in [1.29, 1.82) is 0 Å². The fourth-order valence-corrected chi connectivity index (χ4v) is 2.10. The number of hydrogen-bond acceptors (Lipinski definition) is 4. The van der Waals surface area contributed by atoms with Crippen LogP contribution in [0.3, 0.4) is 0 Å². The summed E-state index contributed by atoms with van der Waals surface area (Å²) in [6, 6.07) is 3.06. The van der Waals surface area contributed by atoms with Crippen LogP contribution in [0.15, 0.2) is 18.3 Å². The van der Waals surface area contributed by atoms with Gasteiger partial charge in [-0.05, 0) is 17.7 Å². The first-order chi connectivity index (χ1) is 8.57. The lowest BCUT2D eigenvalue weighted by molar-refractivity contribution is 0.0631. The van der Waals surface area contributed by atoms with Crippen molar-refractivity contribution in [2.75, 3.05) is 19.9 Å².